The molecule has 1 saturated heterocycles. The third-order valence-electron chi connectivity index (χ3n) is 2.52. The molecule has 2 unspecified atom stereocenters. The van der Waals surface area contributed by atoms with Crippen LogP contribution in [0.15, 0.2) is 0 Å². The summed E-state index contributed by atoms with van der Waals surface area (Å²) in [5.74, 6) is 0.135. The molecule has 1 fully saturated rings. The molecule has 12 heavy (non-hydrogen) atoms. The smallest absolute Gasteiger partial charge is 0.239 e. The first kappa shape index (κ1) is 9.52. The van der Waals surface area contributed by atoms with E-state index in [-0.39, 0.29) is 11.9 Å². The van der Waals surface area contributed by atoms with Gasteiger partial charge in [-0.05, 0) is 19.8 Å². The SMILES string of the molecule is CCCC(C)N1CCC(N)C1=O. The van der Waals surface area contributed by atoms with Crippen molar-refractivity contribution in [2.45, 2.75) is 45.2 Å². The number of hydrogen-bond donors (Lipinski definition) is 1. The molecule has 0 bridgehead atoms. The van der Waals surface area contributed by atoms with E-state index >= 15 is 0 Å². The molecule has 3 heteroatoms. The lowest BCUT2D eigenvalue weighted by molar-refractivity contribution is -0.130. The molecule has 1 rings (SSSR count). The number of nitrogens with zero attached hydrogens (tertiary/aromatic N) is 1. The van der Waals surface area contributed by atoms with Crippen molar-refractivity contribution in [3.63, 3.8) is 0 Å². The fourth-order valence-electron chi connectivity index (χ4n) is 1.74. The van der Waals surface area contributed by atoms with Crippen molar-refractivity contribution in [3.8, 4) is 0 Å². The standard InChI is InChI=1S/C9H18N2O/c1-3-4-7(2)11-6-5-8(10)9(11)12/h7-8H,3-6,10H2,1-2H3. The minimum atomic E-state index is -0.232. The van der Waals surface area contributed by atoms with Crippen LogP contribution in [0.3, 0.4) is 0 Å². The molecule has 3 nitrogen and oxygen atoms in total. The Morgan fingerprint density at radius 1 is 1.75 bits per heavy atom. The van der Waals surface area contributed by atoms with Crippen LogP contribution in [0.25, 0.3) is 0 Å². The molecule has 2 N–H and O–H groups in total. The van der Waals surface area contributed by atoms with Crippen molar-refractivity contribution in [2.24, 2.45) is 5.73 Å². The van der Waals surface area contributed by atoms with E-state index in [0.717, 1.165) is 25.8 Å². The van der Waals surface area contributed by atoms with Gasteiger partial charge in [-0.1, -0.05) is 13.3 Å². The zero-order valence-electron chi connectivity index (χ0n) is 7.92. The third kappa shape index (κ3) is 1.78. The van der Waals surface area contributed by atoms with E-state index in [9.17, 15) is 4.79 Å². The fourth-order valence-corrected chi connectivity index (χ4v) is 1.74. The molecular formula is C9H18N2O. The van der Waals surface area contributed by atoms with Gasteiger partial charge in [0.2, 0.25) is 5.91 Å². The van der Waals surface area contributed by atoms with E-state index in [4.69, 9.17) is 5.73 Å². The predicted octanol–water partition coefficient (Wildman–Crippen LogP) is 0.735. The van der Waals surface area contributed by atoms with Crippen LogP contribution in [0.4, 0.5) is 0 Å². The maximum Gasteiger partial charge on any atom is 0.239 e. The molecule has 2 atom stereocenters. The second kappa shape index (κ2) is 3.90. The van der Waals surface area contributed by atoms with Gasteiger partial charge in [-0.15, -0.1) is 0 Å². The predicted molar refractivity (Wildman–Crippen MR) is 48.7 cm³/mol. The Morgan fingerprint density at radius 2 is 2.42 bits per heavy atom. The van der Waals surface area contributed by atoms with Gasteiger partial charge in [0.15, 0.2) is 0 Å². The molecule has 0 aromatic carbocycles. The summed E-state index contributed by atoms with van der Waals surface area (Å²) in [7, 11) is 0. The van der Waals surface area contributed by atoms with E-state index in [1.165, 1.54) is 0 Å². The van der Waals surface area contributed by atoms with Crippen molar-refractivity contribution in [2.75, 3.05) is 6.54 Å². The van der Waals surface area contributed by atoms with E-state index in [2.05, 4.69) is 13.8 Å². The number of carbonyl (C=O) groups excluding carboxylic acids is 1. The van der Waals surface area contributed by atoms with Crippen molar-refractivity contribution in [3.05, 3.63) is 0 Å². The van der Waals surface area contributed by atoms with E-state index < -0.39 is 0 Å². The molecule has 0 spiro atoms. The lowest BCUT2D eigenvalue weighted by atomic mass is 10.2. The number of likely N-dealkylation sites (tertiary alicyclic amines) is 1. The Morgan fingerprint density at radius 3 is 2.83 bits per heavy atom. The molecule has 0 aromatic heterocycles. The molecular weight excluding hydrogens is 152 g/mol. The van der Waals surface area contributed by atoms with Gasteiger partial charge in [0.05, 0.1) is 6.04 Å². The van der Waals surface area contributed by atoms with Crippen molar-refractivity contribution >= 4 is 5.91 Å². The number of amides is 1. The molecule has 0 aliphatic carbocycles. The Labute approximate surface area is 73.9 Å². The summed E-state index contributed by atoms with van der Waals surface area (Å²) >= 11 is 0. The van der Waals surface area contributed by atoms with Crippen LogP contribution < -0.4 is 5.73 Å². The largest absolute Gasteiger partial charge is 0.339 e. The fraction of sp³-hybridized carbons (Fsp3) is 0.889. The molecule has 0 aromatic rings. The number of nitrogens with two attached hydrogens (primary N) is 1. The Balaban J connectivity index is 2.47. The highest BCUT2D eigenvalue weighted by Crippen LogP contribution is 2.15. The number of hydrogen-bond acceptors (Lipinski definition) is 2. The van der Waals surface area contributed by atoms with Crippen LogP contribution in [0, 0.1) is 0 Å². The van der Waals surface area contributed by atoms with Gasteiger partial charge in [0, 0.05) is 12.6 Å². The molecule has 0 radical (unpaired) electrons. The Hall–Kier alpha value is -0.570. The molecule has 1 amide bonds. The molecule has 1 aliphatic rings. The highest BCUT2D eigenvalue weighted by atomic mass is 16.2. The first-order valence-corrected chi connectivity index (χ1v) is 4.73. The van der Waals surface area contributed by atoms with E-state index in [1.807, 2.05) is 4.90 Å². The monoisotopic (exact) mass is 170 g/mol. The van der Waals surface area contributed by atoms with Gasteiger partial charge in [-0.2, -0.15) is 0 Å². The van der Waals surface area contributed by atoms with Gasteiger partial charge in [0.1, 0.15) is 0 Å². The number of rotatable bonds is 3. The normalized spacial score (nSPS) is 26.4. The molecule has 1 heterocycles. The van der Waals surface area contributed by atoms with Crippen LogP contribution in [-0.4, -0.2) is 29.4 Å². The Bertz CT molecular complexity index is 170. The summed E-state index contributed by atoms with van der Waals surface area (Å²) in [6, 6.07) is 0.139. The van der Waals surface area contributed by atoms with Crippen molar-refractivity contribution in [1.82, 2.24) is 4.90 Å². The highest BCUT2D eigenvalue weighted by molar-refractivity contribution is 5.83. The molecule has 1 aliphatic heterocycles. The third-order valence-corrected chi connectivity index (χ3v) is 2.52. The number of carbonyl (C=O) groups is 1. The van der Waals surface area contributed by atoms with Crippen LogP contribution in [0.5, 0.6) is 0 Å². The van der Waals surface area contributed by atoms with Gasteiger partial charge >= 0.3 is 0 Å². The summed E-state index contributed by atoms with van der Waals surface area (Å²) < 4.78 is 0. The van der Waals surface area contributed by atoms with Gasteiger partial charge in [-0.25, -0.2) is 0 Å². The van der Waals surface area contributed by atoms with E-state index in [0.29, 0.717) is 6.04 Å². The summed E-state index contributed by atoms with van der Waals surface area (Å²) in [4.78, 5) is 13.3. The minimum Gasteiger partial charge on any atom is -0.339 e. The summed E-state index contributed by atoms with van der Waals surface area (Å²) in [6.07, 6.45) is 3.03. The topological polar surface area (TPSA) is 46.3 Å². The summed E-state index contributed by atoms with van der Waals surface area (Å²) in [5, 5.41) is 0. The van der Waals surface area contributed by atoms with Crippen LogP contribution in [0.2, 0.25) is 0 Å². The highest BCUT2D eigenvalue weighted by Gasteiger charge is 2.30. The average molecular weight is 170 g/mol. The quantitative estimate of drug-likeness (QED) is 0.679. The first-order valence-electron chi connectivity index (χ1n) is 4.73. The zero-order chi connectivity index (χ0) is 9.14. The first-order chi connectivity index (χ1) is 5.66. The summed E-state index contributed by atoms with van der Waals surface area (Å²) in [6.45, 7) is 5.08. The Kier molecular flexibility index (Phi) is 3.09. The van der Waals surface area contributed by atoms with Gasteiger partial charge in [-0.3, -0.25) is 4.79 Å². The second-order valence-electron chi connectivity index (χ2n) is 3.56. The zero-order valence-corrected chi connectivity index (χ0v) is 7.92. The average Bonchev–Trinajstić information content (AvgIpc) is 2.34. The summed E-state index contributed by atoms with van der Waals surface area (Å²) in [5.41, 5.74) is 5.61. The van der Waals surface area contributed by atoms with Crippen LogP contribution >= 0.6 is 0 Å². The van der Waals surface area contributed by atoms with Gasteiger partial charge in [0.25, 0.3) is 0 Å². The van der Waals surface area contributed by atoms with Crippen molar-refractivity contribution in [1.29, 1.82) is 0 Å². The molecule has 70 valence electrons. The van der Waals surface area contributed by atoms with Crippen LogP contribution in [-0.2, 0) is 4.79 Å². The molecule has 0 saturated carbocycles. The van der Waals surface area contributed by atoms with Crippen molar-refractivity contribution < 1.29 is 4.79 Å². The van der Waals surface area contributed by atoms with E-state index in [1.54, 1.807) is 0 Å². The lowest BCUT2D eigenvalue weighted by Crippen LogP contribution is -2.39. The minimum absolute atomic E-state index is 0.135. The lowest BCUT2D eigenvalue weighted by Gasteiger charge is -2.23. The van der Waals surface area contributed by atoms with Gasteiger partial charge < -0.3 is 10.6 Å². The van der Waals surface area contributed by atoms with Crippen LogP contribution in [0.1, 0.15) is 33.1 Å². The maximum atomic E-state index is 11.4. The maximum absolute atomic E-state index is 11.4. The second-order valence-corrected chi connectivity index (χ2v) is 3.56.